The van der Waals surface area contributed by atoms with Crippen molar-refractivity contribution in [3.63, 3.8) is 0 Å². The van der Waals surface area contributed by atoms with Crippen LogP contribution in [-0.4, -0.2) is 49.4 Å². The van der Waals surface area contributed by atoms with Crippen LogP contribution in [0.5, 0.6) is 0 Å². The van der Waals surface area contributed by atoms with E-state index in [0.29, 0.717) is 19.1 Å². The first-order valence-electron chi connectivity index (χ1n) is 17.2. The number of carbonyl (C=O) groups excluding carboxylic acids is 2. The van der Waals surface area contributed by atoms with Crippen LogP contribution < -0.4 is 28.5 Å². The molecule has 7 nitrogen and oxygen atoms in total. The van der Waals surface area contributed by atoms with Crippen molar-refractivity contribution >= 4 is 12.0 Å². The van der Waals surface area contributed by atoms with Gasteiger partial charge in [0.15, 0.2) is 12.4 Å². The van der Waals surface area contributed by atoms with Crippen LogP contribution in [0.4, 0.5) is 4.79 Å². The molecule has 2 atom stereocenters. The summed E-state index contributed by atoms with van der Waals surface area (Å²) >= 11 is 0. The molecule has 0 unspecified atom stereocenters. The van der Waals surface area contributed by atoms with Crippen molar-refractivity contribution in [1.82, 2.24) is 4.90 Å². The lowest BCUT2D eigenvalue weighted by atomic mass is 10.0. The van der Waals surface area contributed by atoms with E-state index in [1.165, 1.54) is 103 Å². The minimum atomic E-state index is -0.624. The van der Waals surface area contributed by atoms with Gasteiger partial charge in [-0.15, -0.1) is 0 Å². The highest BCUT2D eigenvalue weighted by atomic mass is 127. The van der Waals surface area contributed by atoms with E-state index in [1.54, 1.807) is 0 Å². The summed E-state index contributed by atoms with van der Waals surface area (Å²) in [6.45, 7) is 9.00. The highest BCUT2D eigenvalue weighted by Gasteiger charge is 2.28. The van der Waals surface area contributed by atoms with Crippen molar-refractivity contribution < 1.29 is 52.3 Å². The lowest BCUT2D eigenvalue weighted by molar-refractivity contribution is -0.694. The summed E-state index contributed by atoms with van der Waals surface area (Å²) in [7, 11) is 0. The van der Waals surface area contributed by atoms with E-state index in [1.807, 2.05) is 36.0 Å². The Balaban J connectivity index is 0.00000924. The first kappa shape index (κ1) is 39.8. The number of pyridine rings is 1. The zero-order valence-corrected chi connectivity index (χ0v) is 29.7. The summed E-state index contributed by atoms with van der Waals surface area (Å²) in [5, 5.41) is 0. The summed E-state index contributed by atoms with van der Waals surface area (Å²) in [5.74, 6) is -0.00733. The van der Waals surface area contributed by atoms with Gasteiger partial charge in [0.25, 0.3) is 0 Å². The first-order chi connectivity index (χ1) is 20.5. The zero-order valence-electron chi connectivity index (χ0n) is 27.5. The average Bonchev–Trinajstić information content (AvgIpc) is 3.45. The number of aryl methyl sites for hydroxylation is 1. The van der Waals surface area contributed by atoms with Gasteiger partial charge in [-0.25, -0.2) is 14.3 Å². The zero-order chi connectivity index (χ0) is 30.3. The third kappa shape index (κ3) is 19.0. The SMILES string of the molecule is CCCCCCCCCCCCCCCCCCOC[C@H]1CO[C@H](COC(=O)N(Cc2ccc[n+](CC)c2)C(C)=O)C1.[I-]. The Hall–Kier alpha value is -1.26. The van der Waals surface area contributed by atoms with Gasteiger partial charge < -0.3 is 38.2 Å². The minimum absolute atomic E-state index is 0. The molecule has 1 aromatic heterocycles. The van der Waals surface area contributed by atoms with Crippen LogP contribution in [0.1, 0.15) is 135 Å². The van der Waals surface area contributed by atoms with Crippen LogP contribution in [-0.2, 0) is 32.1 Å². The van der Waals surface area contributed by atoms with Gasteiger partial charge in [0, 0.05) is 31.1 Å². The summed E-state index contributed by atoms with van der Waals surface area (Å²) < 4.78 is 19.2. The number of carbonyl (C=O) groups is 2. The number of hydrogen-bond acceptors (Lipinski definition) is 5. The fourth-order valence-electron chi connectivity index (χ4n) is 5.61. The number of imide groups is 1. The van der Waals surface area contributed by atoms with E-state index in [9.17, 15) is 9.59 Å². The van der Waals surface area contributed by atoms with Gasteiger partial charge in [0.1, 0.15) is 13.2 Å². The monoisotopic (exact) mass is 716 g/mol. The Morgan fingerprint density at radius 1 is 0.884 bits per heavy atom. The van der Waals surface area contributed by atoms with Crippen LogP contribution >= 0.6 is 0 Å². The van der Waals surface area contributed by atoms with Crippen molar-refractivity contribution in [3.05, 3.63) is 30.1 Å². The van der Waals surface area contributed by atoms with Crippen LogP contribution in [0.15, 0.2) is 24.5 Å². The highest BCUT2D eigenvalue weighted by molar-refractivity contribution is 5.90. The summed E-state index contributed by atoms with van der Waals surface area (Å²) in [5.41, 5.74) is 0.880. The van der Waals surface area contributed by atoms with Crippen molar-refractivity contribution in [2.45, 2.75) is 149 Å². The van der Waals surface area contributed by atoms with Gasteiger partial charge in [-0.3, -0.25) is 4.79 Å². The van der Waals surface area contributed by atoms with Crippen LogP contribution in [0, 0.1) is 5.92 Å². The number of ether oxygens (including phenoxy) is 3. The topological polar surface area (TPSA) is 69.0 Å². The van der Waals surface area contributed by atoms with E-state index < -0.39 is 6.09 Å². The van der Waals surface area contributed by atoms with Gasteiger partial charge in [-0.1, -0.05) is 103 Å². The Labute approximate surface area is 279 Å². The van der Waals surface area contributed by atoms with E-state index in [4.69, 9.17) is 14.2 Å². The number of amides is 2. The molecule has 2 amide bonds. The van der Waals surface area contributed by atoms with Crippen LogP contribution in [0.2, 0.25) is 0 Å². The van der Waals surface area contributed by atoms with Gasteiger partial charge in [0.2, 0.25) is 5.91 Å². The molecule has 1 saturated heterocycles. The smallest absolute Gasteiger partial charge is 0.416 e. The maximum atomic E-state index is 12.6. The summed E-state index contributed by atoms with van der Waals surface area (Å²) in [4.78, 5) is 25.9. The van der Waals surface area contributed by atoms with E-state index >= 15 is 0 Å². The molecular formula is C35H61IN2O5. The molecule has 2 rings (SSSR count). The second-order valence-electron chi connectivity index (χ2n) is 12.2. The highest BCUT2D eigenvalue weighted by Crippen LogP contribution is 2.21. The lowest BCUT2D eigenvalue weighted by Crippen LogP contribution is -3.00. The van der Waals surface area contributed by atoms with Crippen LogP contribution in [0.25, 0.3) is 0 Å². The maximum Gasteiger partial charge on any atom is 0.416 e. The van der Waals surface area contributed by atoms with E-state index in [0.717, 1.165) is 36.5 Å². The number of unbranched alkanes of at least 4 members (excludes halogenated alkanes) is 15. The third-order valence-corrected chi connectivity index (χ3v) is 8.28. The lowest BCUT2D eigenvalue weighted by Gasteiger charge is -2.19. The molecule has 248 valence electrons. The third-order valence-electron chi connectivity index (χ3n) is 8.28. The molecule has 8 heteroatoms. The molecule has 2 heterocycles. The first-order valence-corrected chi connectivity index (χ1v) is 17.2. The number of aromatic nitrogens is 1. The quantitative estimate of drug-likeness (QED) is 0.0840. The predicted molar refractivity (Wildman–Crippen MR) is 168 cm³/mol. The Bertz CT molecular complexity index is 855. The van der Waals surface area contributed by atoms with Crippen LogP contribution in [0.3, 0.4) is 0 Å². The van der Waals surface area contributed by atoms with Crippen molar-refractivity contribution in [1.29, 1.82) is 0 Å². The molecule has 0 aromatic carbocycles. The molecule has 1 aromatic rings. The Morgan fingerprint density at radius 3 is 2.02 bits per heavy atom. The minimum Gasteiger partial charge on any atom is -1.00 e. The van der Waals surface area contributed by atoms with Gasteiger partial charge in [-0.2, -0.15) is 0 Å². The molecule has 43 heavy (non-hydrogen) atoms. The van der Waals surface area contributed by atoms with Gasteiger partial charge in [0.05, 0.1) is 25.9 Å². The number of hydrogen-bond donors (Lipinski definition) is 0. The summed E-state index contributed by atoms with van der Waals surface area (Å²) in [6, 6.07) is 3.82. The molecule has 0 N–H and O–H groups in total. The molecule has 0 spiro atoms. The van der Waals surface area contributed by atoms with Crippen molar-refractivity contribution in [2.24, 2.45) is 5.92 Å². The Morgan fingerprint density at radius 2 is 1.47 bits per heavy atom. The fraction of sp³-hybridized carbons (Fsp3) is 0.800. The normalized spacial score (nSPS) is 16.2. The molecule has 0 bridgehead atoms. The number of halogens is 1. The maximum absolute atomic E-state index is 12.6. The van der Waals surface area contributed by atoms with E-state index in [-0.39, 0.29) is 49.1 Å². The summed E-state index contributed by atoms with van der Waals surface area (Å²) in [6.07, 6.45) is 25.9. The van der Waals surface area contributed by atoms with E-state index in [2.05, 4.69) is 6.92 Å². The fourth-order valence-corrected chi connectivity index (χ4v) is 5.61. The molecule has 1 aliphatic heterocycles. The molecule has 0 saturated carbocycles. The Kier molecular flexibility index (Phi) is 24.0. The number of rotatable bonds is 24. The standard InChI is InChI=1S/C35H61N2O5.HI/c1-4-6-7-8-9-10-11-12-13-14-15-16-17-18-19-20-24-40-28-33-25-34(41-29-33)30-42-35(39)37(31(3)38)27-32-22-21-23-36(5-2)26-32;/h21-23,26,33-34H,4-20,24-25,27-30H2,1-3H3;1H/q+1;/p-1/t33-,34-;/m0./s1. The van der Waals surface area contributed by atoms with Crippen molar-refractivity contribution in [2.75, 3.05) is 26.4 Å². The second-order valence-corrected chi connectivity index (χ2v) is 12.2. The molecule has 0 radical (unpaired) electrons. The van der Waals surface area contributed by atoms with Gasteiger partial charge in [-0.05, 0) is 25.8 Å². The molecule has 1 aliphatic rings. The second kappa shape index (κ2) is 26.0. The molecule has 1 fully saturated rings. The number of nitrogens with zero attached hydrogens (tertiary/aromatic N) is 2. The molecule has 0 aliphatic carbocycles. The predicted octanol–water partition coefficient (Wildman–Crippen LogP) is 5.17. The van der Waals surface area contributed by atoms with Gasteiger partial charge >= 0.3 is 6.09 Å². The average molecular weight is 717 g/mol. The van der Waals surface area contributed by atoms with Crippen molar-refractivity contribution in [3.8, 4) is 0 Å². The molecular weight excluding hydrogens is 655 g/mol. The largest absolute Gasteiger partial charge is 1.00 e.